The molecule has 4 nitrogen and oxygen atoms in total. The molecule has 0 spiro atoms. The largest absolute Gasteiger partial charge is 0.325 e. The summed E-state index contributed by atoms with van der Waals surface area (Å²) in [7, 11) is 0. The number of hydrogen-bond acceptors (Lipinski definition) is 4. The molecule has 0 bridgehead atoms. The molecule has 3 rings (SSSR count). The monoisotopic (exact) mass is 389 g/mol. The van der Waals surface area contributed by atoms with Crippen molar-refractivity contribution in [2.45, 2.75) is 32.4 Å². The highest BCUT2D eigenvalue weighted by molar-refractivity contribution is 7.10. The summed E-state index contributed by atoms with van der Waals surface area (Å²) < 4.78 is 0. The number of rotatable bonds is 7. The van der Waals surface area contributed by atoms with Gasteiger partial charge in [-0.15, -0.1) is 11.3 Å². The second-order valence-corrected chi connectivity index (χ2v) is 7.59. The fourth-order valence-electron chi connectivity index (χ4n) is 2.95. The summed E-state index contributed by atoms with van der Waals surface area (Å²) in [4.78, 5) is 13.8. The lowest BCUT2D eigenvalue weighted by molar-refractivity contribution is -0.117. The zero-order valence-electron chi connectivity index (χ0n) is 16.0. The van der Waals surface area contributed by atoms with Crippen LogP contribution in [-0.4, -0.2) is 11.9 Å². The Morgan fingerprint density at radius 1 is 1.11 bits per heavy atom. The average molecular weight is 390 g/mol. The lowest BCUT2D eigenvalue weighted by Gasteiger charge is -2.23. The van der Waals surface area contributed by atoms with E-state index < -0.39 is 6.04 Å². The Bertz CT molecular complexity index is 941. The first-order valence-electron chi connectivity index (χ1n) is 9.30. The van der Waals surface area contributed by atoms with Crippen LogP contribution in [0.3, 0.4) is 0 Å². The quantitative estimate of drug-likeness (QED) is 0.605. The van der Waals surface area contributed by atoms with Crippen LogP contribution in [-0.2, 0) is 11.2 Å². The third-order valence-electron chi connectivity index (χ3n) is 4.64. The highest BCUT2D eigenvalue weighted by Gasteiger charge is 2.21. The number of nitrogens with one attached hydrogen (secondary N) is 2. The van der Waals surface area contributed by atoms with Gasteiger partial charge < -0.3 is 5.32 Å². The smallest absolute Gasteiger partial charge is 0.241 e. The Kier molecular flexibility index (Phi) is 6.59. The maximum Gasteiger partial charge on any atom is 0.241 e. The van der Waals surface area contributed by atoms with Gasteiger partial charge in [-0.05, 0) is 60.2 Å². The third kappa shape index (κ3) is 4.86. The van der Waals surface area contributed by atoms with Crippen molar-refractivity contribution in [3.8, 4) is 6.07 Å². The van der Waals surface area contributed by atoms with E-state index in [9.17, 15) is 4.79 Å². The van der Waals surface area contributed by atoms with Crippen LogP contribution in [0, 0.1) is 11.3 Å². The van der Waals surface area contributed by atoms with E-state index in [0.717, 1.165) is 12.0 Å². The minimum Gasteiger partial charge on any atom is -0.325 e. The summed E-state index contributed by atoms with van der Waals surface area (Å²) in [6.07, 6.45) is 1.00. The molecule has 0 radical (unpaired) electrons. The molecule has 2 atom stereocenters. The number of nitrogens with zero attached hydrogens (tertiary/aromatic N) is 1. The maximum absolute atomic E-state index is 12.7. The molecule has 2 aromatic carbocycles. The molecule has 0 saturated heterocycles. The lowest BCUT2D eigenvalue weighted by atomic mass is 10.0. The second kappa shape index (κ2) is 9.32. The molecule has 1 aromatic heterocycles. The number of hydrogen-bond donors (Lipinski definition) is 2. The molecule has 0 aliphatic carbocycles. The van der Waals surface area contributed by atoms with Gasteiger partial charge in [0.25, 0.3) is 0 Å². The van der Waals surface area contributed by atoms with Crippen LogP contribution in [0.1, 0.15) is 41.5 Å². The van der Waals surface area contributed by atoms with Gasteiger partial charge in [0, 0.05) is 10.6 Å². The van der Waals surface area contributed by atoms with Gasteiger partial charge in [-0.2, -0.15) is 5.26 Å². The van der Waals surface area contributed by atoms with Gasteiger partial charge in [-0.25, -0.2) is 0 Å². The summed E-state index contributed by atoms with van der Waals surface area (Å²) in [5.74, 6) is -0.114. The fraction of sp³-hybridized carbons (Fsp3) is 0.217. The first-order chi connectivity index (χ1) is 13.6. The summed E-state index contributed by atoms with van der Waals surface area (Å²) in [5.41, 5.74) is 3.67. The standard InChI is InChI=1S/C23H23N3OS/c1-3-17-6-10-19(11-7-17)22(21-5-4-14-28-21)25-16(2)23(27)26-20-12-8-18(15-24)9-13-20/h4-14,16,22,25H,3H2,1-2H3,(H,26,27)/t16-,22+/m1/s1. The predicted octanol–water partition coefficient (Wildman–Crippen LogP) is 4.89. The van der Waals surface area contributed by atoms with E-state index in [1.54, 1.807) is 35.6 Å². The van der Waals surface area contributed by atoms with Crippen molar-refractivity contribution in [3.05, 3.63) is 87.6 Å². The van der Waals surface area contributed by atoms with Crippen molar-refractivity contribution in [1.29, 1.82) is 5.26 Å². The third-order valence-corrected chi connectivity index (χ3v) is 5.58. The van der Waals surface area contributed by atoms with E-state index in [0.29, 0.717) is 11.3 Å². The van der Waals surface area contributed by atoms with Crippen molar-refractivity contribution in [2.75, 3.05) is 5.32 Å². The lowest BCUT2D eigenvalue weighted by Crippen LogP contribution is -2.40. The Balaban J connectivity index is 1.73. The summed E-state index contributed by atoms with van der Waals surface area (Å²) in [6, 6.07) is 21.1. The van der Waals surface area contributed by atoms with Gasteiger partial charge in [-0.1, -0.05) is 37.3 Å². The number of nitriles is 1. The number of anilines is 1. The van der Waals surface area contributed by atoms with E-state index in [1.165, 1.54) is 10.4 Å². The van der Waals surface area contributed by atoms with Crippen molar-refractivity contribution in [3.63, 3.8) is 0 Å². The fourth-order valence-corrected chi connectivity index (χ4v) is 3.76. The van der Waals surface area contributed by atoms with Gasteiger partial charge in [0.05, 0.1) is 23.7 Å². The Labute approximate surface area is 169 Å². The second-order valence-electron chi connectivity index (χ2n) is 6.61. The molecular formula is C23H23N3OS. The van der Waals surface area contributed by atoms with E-state index in [1.807, 2.05) is 18.4 Å². The van der Waals surface area contributed by atoms with Gasteiger partial charge in [0.15, 0.2) is 0 Å². The van der Waals surface area contributed by atoms with Crippen molar-refractivity contribution in [2.24, 2.45) is 0 Å². The topological polar surface area (TPSA) is 64.9 Å². The van der Waals surface area contributed by atoms with Gasteiger partial charge in [0.2, 0.25) is 5.91 Å². The molecule has 0 unspecified atom stereocenters. The zero-order valence-corrected chi connectivity index (χ0v) is 16.8. The normalized spacial score (nSPS) is 12.8. The average Bonchev–Trinajstić information content (AvgIpc) is 3.27. The van der Waals surface area contributed by atoms with Crippen molar-refractivity contribution in [1.82, 2.24) is 5.32 Å². The summed E-state index contributed by atoms with van der Waals surface area (Å²) >= 11 is 1.67. The number of carbonyl (C=O) groups is 1. The van der Waals surface area contributed by atoms with Gasteiger partial charge in [-0.3, -0.25) is 10.1 Å². The maximum atomic E-state index is 12.7. The Morgan fingerprint density at radius 3 is 2.39 bits per heavy atom. The molecule has 2 N–H and O–H groups in total. The van der Waals surface area contributed by atoms with Crippen LogP contribution in [0.2, 0.25) is 0 Å². The number of benzene rings is 2. The SMILES string of the molecule is CCc1ccc([C@H](N[C@H](C)C(=O)Nc2ccc(C#N)cc2)c2cccs2)cc1. The molecule has 0 fully saturated rings. The highest BCUT2D eigenvalue weighted by Crippen LogP contribution is 2.27. The van der Waals surface area contributed by atoms with Crippen LogP contribution in [0.15, 0.2) is 66.0 Å². The zero-order chi connectivity index (χ0) is 19.9. The van der Waals surface area contributed by atoms with E-state index in [-0.39, 0.29) is 11.9 Å². The molecule has 0 saturated carbocycles. The van der Waals surface area contributed by atoms with Crippen LogP contribution < -0.4 is 10.6 Å². The Morgan fingerprint density at radius 2 is 1.82 bits per heavy atom. The van der Waals surface area contributed by atoms with Crippen LogP contribution >= 0.6 is 11.3 Å². The van der Waals surface area contributed by atoms with Crippen LogP contribution in [0.5, 0.6) is 0 Å². The molecule has 28 heavy (non-hydrogen) atoms. The van der Waals surface area contributed by atoms with E-state index in [4.69, 9.17) is 5.26 Å². The van der Waals surface area contributed by atoms with Crippen molar-refractivity contribution < 1.29 is 4.79 Å². The van der Waals surface area contributed by atoms with E-state index in [2.05, 4.69) is 54.0 Å². The molecule has 1 amide bonds. The highest BCUT2D eigenvalue weighted by atomic mass is 32.1. The van der Waals surface area contributed by atoms with Crippen LogP contribution in [0.4, 0.5) is 5.69 Å². The molecule has 3 aromatic rings. The minimum atomic E-state index is -0.395. The first-order valence-corrected chi connectivity index (χ1v) is 10.2. The van der Waals surface area contributed by atoms with Crippen LogP contribution in [0.25, 0.3) is 0 Å². The summed E-state index contributed by atoms with van der Waals surface area (Å²) in [6.45, 7) is 4.00. The number of carbonyl (C=O) groups excluding carboxylic acids is 1. The van der Waals surface area contributed by atoms with E-state index >= 15 is 0 Å². The molecule has 0 aliphatic heterocycles. The van der Waals surface area contributed by atoms with Crippen molar-refractivity contribution >= 4 is 22.9 Å². The molecule has 142 valence electrons. The minimum absolute atomic E-state index is 0.0485. The first kappa shape index (κ1) is 19.8. The number of aryl methyl sites for hydroxylation is 1. The Hall–Kier alpha value is -2.94. The molecule has 5 heteroatoms. The molecule has 1 heterocycles. The predicted molar refractivity (Wildman–Crippen MR) is 114 cm³/mol. The number of thiophene rings is 1. The molecular weight excluding hydrogens is 366 g/mol. The molecule has 0 aliphatic rings. The van der Waals surface area contributed by atoms with Gasteiger partial charge >= 0.3 is 0 Å². The summed E-state index contributed by atoms with van der Waals surface area (Å²) in [5, 5.41) is 17.3. The number of amides is 1. The van der Waals surface area contributed by atoms with Gasteiger partial charge in [0.1, 0.15) is 0 Å².